The van der Waals surface area contributed by atoms with E-state index in [-0.39, 0.29) is 13.2 Å². The highest BCUT2D eigenvalue weighted by atomic mass is 16.8. The largest absolute Gasteiger partial charge is 0.459 e. The van der Waals surface area contributed by atoms with Crippen LogP contribution in [0, 0.1) is 0 Å². The molecular weight excluding hydrogens is 440 g/mol. The summed E-state index contributed by atoms with van der Waals surface area (Å²) in [4.78, 5) is 25.0. The van der Waals surface area contributed by atoms with Gasteiger partial charge in [-0.25, -0.2) is 9.59 Å². The Morgan fingerprint density at radius 1 is 0.647 bits per heavy atom. The minimum atomic E-state index is -0.999. The molecule has 2 aliphatic rings. The molecule has 2 saturated heterocycles. The van der Waals surface area contributed by atoms with Crippen molar-refractivity contribution in [3.05, 3.63) is 71.8 Å². The molecule has 0 saturated carbocycles. The standard InChI is InChI=1S/C26H30O8/c1-25(2)31-19(15-29-23(27)17-11-7-5-8-12-17)22-21(33-25)20(32-26(3,4)34-22)16-30-24(28)18-13-9-6-10-14-18/h5-14,19-22H,15-16H2,1-4H3/t19-,20-,21-,22-/m0/s1. The van der Waals surface area contributed by atoms with Gasteiger partial charge in [-0.3, -0.25) is 0 Å². The first kappa shape index (κ1) is 24.3. The molecule has 0 aliphatic carbocycles. The van der Waals surface area contributed by atoms with Gasteiger partial charge in [-0.15, -0.1) is 0 Å². The third kappa shape index (κ3) is 5.82. The van der Waals surface area contributed by atoms with Crippen molar-refractivity contribution < 1.29 is 38.0 Å². The van der Waals surface area contributed by atoms with Gasteiger partial charge in [-0.1, -0.05) is 36.4 Å². The van der Waals surface area contributed by atoms with Crippen molar-refractivity contribution in [3.8, 4) is 0 Å². The van der Waals surface area contributed by atoms with Crippen molar-refractivity contribution in [3.63, 3.8) is 0 Å². The number of fused-ring (bicyclic) bond motifs is 1. The van der Waals surface area contributed by atoms with Crippen LogP contribution in [0.15, 0.2) is 60.7 Å². The van der Waals surface area contributed by atoms with E-state index in [0.717, 1.165) is 0 Å². The van der Waals surface area contributed by atoms with Gasteiger partial charge in [0.1, 0.15) is 37.6 Å². The van der Waals surface area contributed by atoms with Crippen molar-refractivity contribution >= 4 is 11.9 Å². The quantitative estimate of drug-likeness (QED) is 0.590. The van der Waals surface area contributed by atoms with E-state index < -0.39 is 47.9 Å². The van der Waals surface area contributed by atoms with Crippen LogP contribution >= 0.6 is 0 Å². The maximum atomic E-state index is 12.5. The fourth-order valence-corrected chi connectivity index (χ4v) is 4.17. The zero-order valence-corrected chi connectivity index (χ0v) is 19.8. The number of benzene rings is 2. The first-order valence-electron chi connectivity index (χ1n) is 11.3. The fourth-order valence-electron chi connectivity index (χ4n) is 4.17. The Labute approximate surface area is 199 Å². The lowest BCUT2D eigenvalue weighted by Gasteiger charge is -2.53. The number of ether oxygens (including phenoxy) is 6. The Kier molecular flexibility index (Phi) is 7.04. The van der Waals surface area contributed by atoms with Crippen molar-refractivity contribution in [1.82, 2.24) is 0 Å². The lowest BCUT2D eigenvalue weighted by molar-refractivity contribution is -0.426. The van der Waals surface area contributed by atoms with E-state index in [1.807, 2.05) is 12.1 Å². The molecule has 8 heteroatoms. The molecule has 4 rings (SSSR count). The summed E-state index contributed by atoms with van der Waals surface area (Å²) in [6, 6.07) is 17.5. The van der Waals surface area contributed by atoms with Crippen LogP contribution in [0.25, 0.3) is 0 Å². The minimum absolute atomic E-state index is 0.0334. The SMILES string of the molecule is CC1(C)O[C@@H]2[C@@H](OC(C)(C)O[C@H]2COC(=O)c2ccccc2)[C@H](COC(=O)c2ccccc2)O1. The molecular formula is C26H30O8. The molecule has 182 valence electrons. The number of rotatable bonds is 6. The van der Waals surface area contributed by atoms with Gasteiger partial charge in [0, 0.05) is 0 Å². The van der Waals surface area contributed by atoms with Gasteiger partial charge < -0.3 is 28.4 Å². The van der Waals surface area contributed by atoms with Crippen LogP contribution < -0.4 is 0 Å². The van der Waals surface area contributed by atoms with Crippen LogP contribution in [0.1, 0.15) is 48.4 Å². The highest BCUT2D eigenvalue weighted by Gasteiger charge is 2.54. The normalized spacial score (nSPS) is 27.3. The van der Waals surface area contributed by atoms with Gasteiger partial charge in [0.05, 0.1) is 11.1 Å². The molecule has 2 aromatic carbocycles. The topological polar surface area (TPSA) is 89.5 Å². The number of carbonyl (C=O) groups excluding carboxylic acids is 2. The summed E-state index contributed by atoms with van der Waals surface area (Å²) in [5.74, 6) is -2.91. The van der Waals surface area contributed by atoms with E-state index in [1.54, 1.807) is 76.2 Å². The molecule has 0 radical (unpaired) electrons. The van der Waals surface area contributed by atoms with Crippen molar-refractivity contribution in [1.29, 1.82) is 0 Å². The van der Waals surface area contributed by atoms with Crippen LogP contribution in [0.2, 0.25) is 0 Å². The second-order valence-electron chi connectivity index (χ2n) is 9.21. The van der Waals surface area contributed by atoms with E-state index in [2.05, 4.69) is 0 Å². The van der Waals surface area contributed by atoms with Gasteiger partial charge in [-0.2, -0.15) is 0 Å². The van der Waals surface area contributed by atoms with E-state index in [9.17, 15) is 9.59 Å². The number of hydrogen-bond donors (Lipinski definition) is 0. The Morgan fingerprint density at radius 2 is 1.00 bits per heavy atom. The molecule has 8 nitrogen and oxygen atoms in total. The minimum Gasteiger partial charge on any atom is -0.459 e. The molecule has 0 unspecified atom stereocenters. The summed E-state index contributed by atoms with van der Waals surface area (Å²) in [6.07, 6.45) is -2.45. The van der Waals surface area contributed by atoms with E-state index >= 15 is 0 Å². The number of esters is 2. The molecule has 2 heterocycles. The molecule has 2 aliphatic heterocycles. The molecule has 0 spiro atoms. The van der Waals surface area contributed by atoms with Gasteiger partial charge in [0.25, 0.3) is 0 Å². The number of carbonyl (C=O) groups is 2. The Bertz CT molecular complexity index is 907. The summed E-state index contributed by atoms with van der Waals surface area (Å²) in [7, 11) is 0. The zero-order valence-electron chi connectivity index (χ0n) is 19.8. The summed E-state index contributed by atoms with van der Waals surface area (Å²) < 4.78 is 35.5. The number of hydrogen-bond acceptors (Lipinski definition) is 8. The van der Waals surface area contributed by atoms with Crippen LogP contribution in [0.5, 0.6) is 0 Å². The monoisotopic (exact) mass is 470 g/mol. The summed E-state index contributed by atoms with van der Waals surface area (Å²) in [6.45, 7) is 7.00. The molecule has 34 heavy (non-hydrogen) atoms. The predicted molar refractivity (Wildman–Crippen MR) is 121 cm³/mol. The maximum Gasteiger partial charge on any atom is 0.338 e. The molecule has 0 amide bonds. The summed E-state index contributed by atoms with van der Waals surface area (Å²) >= 11 is 0. The summed E-state index contributed by atoms with van der Waals surface area (Å²) in [5.41, 5.74) is 0.897. The van der Waals surface area contributed by atoms with Gasteiger partial charge in [0.15, 0.2) is 11.6 Å². The second-order valence-corrected chi connectivity index (χ2v) is 9.21. The van der Waals surface area contributed by atoms with Gasteiger partial charge in [-0.05, 0) is 52.0 Å². The highest BCUT2D eigenvalue weighted by Crippen LogP contribution is 2.38. The Balaban J connectivity index is 1.47. The molecule has 2 fully saturated rings. The van der Waals surface area contributed by atoms with Gasteiger partial charge >= 0.3 is 11.9 Å². The van der Waals surface area contributed by atoms with Crippen molar-refractivity contribution in [2.45, 2.75) is 63.7 Å². The lowest BCUT2D eigenvalue weighted by Crippen LogP contribution is -2.67. The van der Waals surface area contributed by atoms with Crippen molar-refractivity contribution in [2.24, 2.45) is 0 Å². The van der Waals surface area contributed by atoms with Crippen LogP contribution in [0.3, 0.4) is 0 Å². The fraction of sp³-hybridized carbons (Fsp3) is 0.462. The third-order valence-corrected chi connectivity index (χ3v) is 5.54. The van der Waals surface area contributed by atoms with E-state index in [4.69, 9.17) is 28.4 Å². The van der Waals surface area contributed by atoms with E-state index in [1.165, 1.54) is 0 Å². The van der Waals surface area contributed by atoms with Gasteiger partial charge in [0.2, 0.25) is 0 Å². The smallest absolute Gasteiger partial charge is 0.338 e. The van der Waals surface area contributed by atoms with Crippen LogP contribution in [0.4, 0.5) is 0 Å². The van der Waals surface area contributed by atoms with Crippen LogP contribution in [-0.2, 0) is 28.4 Å². The highest BCUT2D eigenvalue weighted by molar-refractivity contribution is 5.89. The molecule has 0 N–H and O–H groups in total. The van der Waals surface area contributed by atoms with Crippen LogP contribution in [-0.4, -0.2) is 61.1 Å². The van der Waals surface area contributed by atoms with Crippen molar-refractivity contribution in [2.75, 3.05) is 13.2 Å². The molecule has 0 aromatic heterocycles. The summed E-state index contributed by atoms with van der Waals surface area (Å²) in [5, 5.41) is 0. The first-order valence-corrected chi connectivity index (χ1v) is 11.3. The second kappa shape index (κ2) is 9.84. The average Bonchev–Trinajstić information content (AvgIpc) is 2.81. The molecule has 4 atom stereocenters. The molecule has 2 aromatic rings. The average molecular weight is 471 g/mol. The van der Waals surface area contributed by atoms with E-state index in [0.29, 0.717) is 11.1 Å². The maximum absolute atomic E-state index is 12.5. The Morgan fingerprint density at radius 3 is 1.35 bits per heavy atom. The molecule has 0 bridgehead atoms. The third-order valence-electron chi connectivity index (χ3n) is 5.54. The zero-order chi connectivity index (χ0) is 24.3. The predicted octanol–water partition coefficient (Wildman–Crippen LogP) is 3.74. The Hall–Kier alpha value is -2.78. The first-order chi connectivity index (χ1) is 16.1. The lowest BCUT2D eigenvalue weighted by atomic mass is 9.97.